The lowest BCUT2D eigenvalue weighted by Gasteiger charge is -2.23. The quantitative estimate of drug-likeness (QED) is 0.650. The number of aryl methyl sites for hydroxylation is 1. The van der Waals surface area contributed by atoms with Crippen molar-refractivity contribution in [1.29, 1.82) is 0 Å². The Morgan fingerprint density at radius 1 is 1.32 bits per heavy atom. The second-order valence-corrected chi connectivity index (χ2v) is 5.60. The van der Waals surface area contributed by atoms with E-state index in [4.69, 9.17) is 4.74 Å². The smallest absolute Gasteiger partial charge is 0.191 e. The van der Waals surface area contributed by atoms with Gasteiger partial charge in [0.15, 0.2) is 5.96 Å². The molecular weight excluding hydrogens is 238 g/mol. The molecular formula is C15H25N3O. The fourth-order valence-corrected chi connectivity index (χ4v) is 1.77. The van der Waals surface area contributed by atoms with E-state index >= 15 is 0 Å². The van der Waals surface area contributed by atoms with Crippen molar-refractivity contribution in [3.05, 3.63) is 29.3 Å². The first-order valence-electron chi connectivity index (χ1n) is 6.48. The van der Waals surface area contributed by atoms with Crippen molar-refractivity contribution in [3.8, 4) is 5.75 Å². The summed E-state index contributed by atoms with van der Waals surface area (Å²) in [7, 11) is 3.47. The molecule has 0 fully saturated rings. The van der Waals surface area contributed by atoms with Gasteiger partial charge in [0.1, 0.15) is 5.75 Å². The van der Waals surface area contributed by atoms with Crippen LogP contribution in [0, 0.1) is 6.92 Å². The van der Waals surface area contributed by atoms with Gasteiger partial charge in [-0.15, -0.1) is 0 Å². The molecule has 1 aromatic carbocycles. The summed E-state index contributed by atoms with van der Waals surface area (Å²) in [5.74, 6) is 1.72. The summed E-state index contributed by atoms with van der Waals surface area (Å²) in [5, 5.41) is 6.63. The van der Waals surface area contributed by atoms with E-state index in [0.29, 0.717) is 0 Å². The molecule has 0 aromatic heterocycles. The Morgan fingerprint density at radius 3 is 2.47 bits per heavy atom. The standard InChI is InChI=1S/C15H25N3O/c1-11-9-12(7-8-13(11)19-6)10-17-14(16-5)18-15(2,3)4/h7-9H,10H2,1-6H3,(H2,16,17,18). The Bertz CT molecular complexity index is 447. The van der Waals surface area contributed by atoms with Crippen molar-refractivity contribution >= 4 is 5.96 Å². The average molecular weight is 263 g/mol. The van der Waals surface area contributed by atoms with E-state index in [9.17, 15) is 0 Å². The van der Waals surface area contributed by atoms with Crippen LogP contribution >= 0.6 is 0 Å². The van der Waals surface area contributed by atoms with Gasteiger partial charge in [-0.3, -0.25) is 4.99 Å². The minimum atomic E-state index is -0.00231. The molecule has 2 N–H and O–H groups in total. The highest BCUT2D eigenvalue weighted by Crippen LogP contribution is 2.18. The maximum absolute atomic E-state index is 5.26. The molecule has 0 saturated heterocycles. The predicted molar refractivity (Wildman–Crippen MR) is 80.8 cm³/mol. The predicted octanol–water partition coefficient (Wildman–Crippen LogP) is 2.47. The molecule has 4 heteroatoms. The molecule has 0 saturated carbocycles. The number of hydrogen-bond acceptors (Lipinski definition) is 2. The van der Waals surface area contributed by atoms with E-state index in [1.54, 1.807) is 14.2 Å². The van der Waals surface area contributed by atoms with Crippen molar-refractivity contribution in [2.75, 3.05) is 14.2 Å². The van der Waals surface area contributed by atoms with Gasteiger partial charge < -0.3 is 15.4 Å². The lowest BCUT2D eigenvalue weighted by molar-refractivity contribution is 0.411. The van der Waals surface area contributed by atoms with Crippen LogP contribution in [-0.4, -0.2) is 25.7 Å². The highest BCUT2D eigenvalue weighted by molar-refractivity contribution is 5.80. The molecule has 0 atom stereocenters. The summed E-state index contributed by atoms with van der Waals surface area (Å²) in [6, 6.07) is 6.17. The number of nitrogens with zero attached hydrogens (tertiary/aromatic N) is 1. The van der Waals surface area contributed by atoms with Crippen molar-refractivity contribution in [2.45, 2.75) is 39.8 Å². The Morgan fingerprint density at radius 2 is 2.00 bits per heavy atom. The number of benzene rings is 1. The van der Waals surface area contributed by atoms with Crippen LogP contribution in [0.3, 0.4) is 0 Å². The van der Waals surface area contributed by atoms with Crippen molar-refractivity contribution < 1.29 is 4.74 Å². The van der Waals surface area contributed by atoms with Gasteiger partial charge in [-0.05, 0) is 44.9 Å². The van der Waals surface area contributed by atoms with Crippen molar-refractivity contribution in [1.82, 2.24) is 10.6 Å². The highest BCUT2D eigenvalue weighted by Gasteiger charge is 2.11. The van der Waals surface area contributed by atoms with E-state index in [-0.39, 0.29) is 5.54 Å². The van der Waals surface area contributed by atoms with E-state index in [1.807, 2.05) is 13.0 Å². The number of rotatable bonds is 3. The molecule has 0 heterocycles. The van der Waals surface area contributed by atoms with Crippen LogP contribution in [0.4, 0.5) is 0 Å². The lowest BCUT2D eigenvalue weighted by Crippen LogP contribution is -2.47. The second-order valence-electron chi connectivity index (χ2n) is 5.60. The summed E-state index contributed by atoms with van der Waals surface area (Å²) in [6.07, 6.45) is 0. The number of ether oxygens (including phenoxy) is 1. The number of methoxy groups -OCH3 is 1. The first-order valence-corrected chi connectivity index (χ1v) is 6.48. The first kappa shape index (κ1) is 15.3. The third-order valence-electron chi connectivity index (χ3n) is 2.64. The van der Waals surface area contributed by atoms with Crippen LogP contribution in [-0.2, 0) is 6.54 Å². The fraction of sp³-hybridized carbons (Fsp3) is 0.533. The zero-order valence-corrected chi connectivity index (χ0v) is 12.8. The molecule has 0 radical (unpaired) electrons. The SMILES string of the molecule is CN=C(NCc1ccc(OC)c(C)c1)NC(C)(C)C. The van der Waals surface area contributed by atoms with Gasteiger partial charge in [-0.1, -0.05) is 12.1 Å². The van der Waals surface area contributed by atoms with E-state index in [1.165, 1.54) is 5.56 Å². The van der Waals surface area contributed by atoms with Gasteiger partial charge in [0.05, 0.1) is 7.11 Å². The number of nitrogens with one attached hydrogen (secondary N) is 2. The summed E-state index contributed by atoms with van der Waals surface area (Å²) in [4.78, 5) is 4.21. The second kappa shape index (κ2) is 6.45. The van der Waals surface area contributed by atoms with Crippen LogP contribution < -0.4 is 15.4 Å². The molecule has 1 rings (SSSR count). The lowest BCUT2D eigenvalue weighted by atomic mass is 10.1. The molecule has 1 aromatic rings. The zero-order valence-electron chi connectivity index (χ0n) is 12.8. The largest absolute Gasteiger partial charge is 0.496 e. The van der Waals surface area contributed by atoms with Crippen molar-refractivity contribution in [3.63, 3.8) is 0 Å². The van der Waals surface area contributed by atoms with Crippen LogP contribution in [0.2, 0.25) is 0 Å². The highest BCUT2D eigenvalue weighted by atomic mass is 16.5. The first-order chi connectivity index (χ1) is 8.85. The normalized spacial score (nSPS) is 12.2. The number of guanidine groups is 1. The Hall–Kier alpha value is -1.71. The molecule has 0 aliphatic rings. The maximum atomic E-state index is 5.26. The molecule has 0 unspecified atom stereocenters. The van der Waals surface area contributed by atoms with Crippen LogP contribution in [0.5, 0.6) is 5.75 Å². The molecule has 106 valence electrons. The van der Waals surface area contributed by atoms with Gasteiger partial charge in [0.25, 0.3) is 0 Å². The molecule has 0 bridgehead atoms. The topological polar surface area (TPSA) is 45.7 Å². The third-order valence-corrected chi connectivity index (χ3v) is 2.64. The maximum Gasteiger partial charge on any atom is 0.191 e. The summed E-state index contributed by atoms with van der Waals surface area (Å²) < 4.78 is 5.26. The Kier molecular flexibility index (Phi) is 5.21. The Balaban J connectivity index is 2.63. The summed E-state index contributed by atoms with van der Waals surface area (Å²) in [5.41, 5.74) is 2.34. The molecule has 0 amide bonds. The summed E-state index contributed by atoms with van der Waals surface area (Å²) >= 11 is 0. The fourth-order valence-electron chi connectivity index (χ4n) is 1.77. The van der Waals surface area contributed by atoms with Gasteiger partial charge in [0, 0.05) is 19.1 Å². The Labute approximate surface area is 116 Å². The third kappa shape index (κ3) is 5.20. The van der Waals surface area contributed by atoms with E-state index < -0.39 is 0 Å². The molecule has 0 aliphatic heterocycles. The van der Waals surface area contributed by atoms with Gasteiger partial charge in [-0.25, -0.2) is 0 Å². The zero-order chi connectivity index (χ0) is 14.5. The molecule has 19 heavy (non-hydrogen) atoms. The molecule has 0 spiro atoms. The van der Waals surface area contributed by atoms with E-state index in [2.05, 4.69) is 48.5 Å². The van der Waals surface area contributed by atoms with Crippen LogP contribution in [0.15, 0.2) is 23.2 Å². The monoisotopic (exact) mass is 263 g/mol. The summed E-state index contributed by atoms with van der Waals surface area (Å²) in [6.45, 7) is 9.11. The molecule has 0 aliphatic carbocycles. The van der Waals surface area contributed by atoms with Crippen molar-refractivity contribution in [2.24, 2.45) is 4.99 Å². The minimum absolute atomic E-state index is 0.00231. The average Bonchev–Trinajstić information content (AvgIpc) is 2.33. The van der Waals surface area contributed by atoms with Gasteiger partial charge in [0.2, 0.25) is 0 Å². The van der Waals surface area contributed by atoms with Gasteiger partial charge in [-0.2, -0.15) is 0 Å². The van der Waals surface area contributed by atoms with Crippen LogP contribution in [0.25, 0.3) is 0 Å². The number of aliphatic imine (C=N–C) groups is 1. The van der Waals surface area contributed by atoms with Gasteiger partial charge >= 0.3 is 0 Å². The minimum Gasteiger partial charge on any atom is -0.496 e. The molecule has 4 nitrogen and oxygen atoms in total. The van der Waals surface area contributed by atoms with Crippen LogP contribution in [0.1, 0.15) is 31.9 Å². The van der Waals surface area contributed by atoms with E-state index in [0.717, 1.165) is 23.8 Å². The number of hydrogen-bond donors (Lipinski definition) is 2.